The van der Waals surface area contributed by atoms with Crippen LogP contribution in [0.3, 0.4) is 0 Å². The molecule has 2 aromatic rings. The van der Waals surface area contributed by atoms with Gasteiger partial charge in [-0.15, -0.1) is 0 Å². The summed E-state index contributed by atoms with van der Waals surface area (Å²) in [7, 11) is 3.30. The van der Waals surface area contributed by atoms with Gasteiger partial charge in [-0.05, 0) is 36.8 Å². The highest BCUT2D eigenvalue weighted by molar-refractivity contribution is 5.48. The van der Waals surface area contributed by atoms with E-state index in [1.54, 1.807) is 14.2 Å². The third-order valence-electron chi connectivity index (χ3n) is 3.14. The molecule has 1 atom stereocenters. The molecule has 0 saturated heterocycles. The molecule has 4 nitrogen and oxygen atoms in total. The van der Waals surface area contributed by atoms with Gasteiger partial charge in [0.15, 0.2) is 0 Å². The highest BCUT2D eigenvalue weighted by Gasteiger charge is 2.15. The quantitative estimate of drug-likeness (QED) is 0.881. The van der Waals surface area contributed by atoms with Crippen LogP contribution in [0.2, 0.25) is 0 Å². The van der Waals surface area contributed by atoms with Crippen molar-refractivity contribution in [3.05, 3.63) is 53.6 Å². The van der Waals surface area contributed by atoms with Crippen molar-refractivity contribution in [3.8, 4) is 17.2 Å². The van der Waals surface area contributed by atoms with E-state index < -0.39 is 0 Å². The van der Waals surface area contributed by atoms with Crippen molar-refractivity contribution in [3.63, 3.8) is 0 Å². The third kappa shape index (κ3) is 3.74. The molecule has 0 spiro atoms. The Kier molecular flexibility index (Phi) is 5.20. The van der Waals surface area contributed by atoms with E-state index >= 15 is 0 Å². The zero-order chi connectivity index (χ0) is 15.2. The SMILES string of the molecule is COCc1cccc(Oc2cccc(OC)c2[C@H](C)N)c1. The van der Waals surface area contributed by atoms with Crippen molar-refractivity contribution in [2.75, 3.05) is 14.2 Å². The summed E-state index contributed by atoms with van der Waals surface area (Å²) in [6.07, 6.45) is 0. The molecule has 21 heavy (non-hydrogen) atoms. The molecular formula is C17H21NO3. The van der Waals surface area contributed by atoms with E-state index in [0.29, 0.717) is 12.4 Å². The second-order valence-corrected chi connectivity index (χ2v) is 4.84. The molecule has 0 fully saturated rings. The maximum absolute atomic E-state index is 6.04. The molecule has 0 saturated carbocycles. The summed E-state index contributed by atoms with van der Waals surface area (Å²) in [6, 6.07) is 13.3. The molecular weight excluding hydrogens is 266 g/mol. The van der Waals surface area contributed by atoms with E-state index in [4.69, 9.17) is 19.9 Å². The van der Waals surface area contributed by atoms with Crippen LogP contribution in [0, 0.1) is 0 Å². The van der Waals surface area contributed by atoms with Gasteiger partial charge in [0.1, 0.15) is 17.2 Å². The van der Waals surface area contributed by atoms with Crippen molar-refractivity contribution in [1.29, 1.82) is 0 Å². The van der Waals surface area contributed by atoms with Gasteiger partial charge < -0.3 is 19.9 Å². The number of hydrogen-bond acceptors (Lipinski definition) is 4. The van der Waals surface area contributed by atoms with E-state index in [0.717, 1.165) is 22.6 Å². The van der Waals surface area contributed by atoms with Crippen molar-refractivity contribution in [2.45, 2.75) is 19.6 Å². The smallest absolute Gasteiger partial charge is 0.135 e. The van der Waals surface area contributed by atoms with Crippen molar-refractivity contribution in [1.82, 2.24) is 0 Å². The van der Waals surface area contributed by atoms with Crippen LogP contribution in [0.4, 0.5) is 0 Å². The van der Waals surface area contributed by atoms with E-state index in [1.807, 2.05) is 49.4 Å². The summed E-state index contributed by atoms with van der Waals surface area (Å²) in [4.78, 5) is 0. The summed E-state index contributed by atoms with van der Waals surface area (Å²) in [6.45, 7) is 2.46. The van der Waals surface area contributed by atoms with Crippen LogP contribution in [0.15, 0.2) is 42.5 Å². The lowest BCUT2D eigenvalue weighted by atomic mass is 10.1. The van der Waals surface area contributed by atoms with Gasteiger partial charge in [0.2, 0.25) is 0 Å². The van der Waals surface area contributed by atoms with E-state index in [2.05, 4.69) is 0 Å². The summed E-state index contributed by atoms with van der Waals surface area (Å²) >= 11 is 0. The second-order valence-electron chi connectivity index (χ2n) is 4.84. The molecule has 0 radical (unpaired) electrons. The highest BCUT2D eigenvalue weighted by atomic mass is 16.5. The monoisotopic (exact) mass is 287 g/mol. The van der Waals surface area contributed by atoms with Crippen LogP contribution >= 0.6 is 0 Å². The zero-order valence-corrected chi connectivity index (χ0v) is 12.6. The van der Waals surface area contributed by atoms with E-state index in [9.17, 15) is 0 Å². The summed E-state index contributed by atoms with van der Waals surface area (Å²) in [5.41, 5.74) is 7.96. The molecule has 0 aliphatic rings. The zero-order valence-electron chi connectivity index (χ0n) is 12.6. The largest absolute Gasteiger partial charge is 0.496 e. The summed E-state index contributed by atoms with van der Waals surface area (Å²) in [5.74, 6) is 2.19. The molecule has 2 aromatic carbocycles. The molecule has 0 amide bonds. The average molecular weight is 287 g/mol. The number of ether oxygens (including phenoxy) is 3. The van der Waals surface area contributed by atoms with E-state index in [-0.39, 0.29) is 6.04 Å². The molecule has 0 bridgehead atoms. The Balaban J connectivity index is 2.33. The normalized spacial score (nSPS) is 12.0. The Hall–Kier alpha value is -2.04. The van der Waals surface area contributed by atoms with Crippen LogP contribution in [-0.4, -0.2) is 14.2 Å². The van der Waals surface area contributed by atoms with Gasteiger partial charge in [-0.3, -0.25) is 0 Å². The number of nitrogens with two attached hydrogens (primary N) is 1. The lowest BCUT2D eigenvalue weighted by Crippen LogP contribution is -2.08. The highest BCUT2D eigenvalue weighted by Crippen LogP contribution is 2.35. The minimum absolute atomic E-state index is 0.182. The minimum atomic E-state index is -0.182. The number of methoxy groups -OCH3 is 2. The topological polar surface area (TPSA) is 53.7 Å². The Morgan fingerprint density at radius 1 is 1.05 bits per heavy atom. The first kappa shape index (κ1) is 15.4. The van der Waals surface area contributed by atoms with Gasteiger partial charge in [0.25, 0.3) is 0 Å². The lowest BCUT2D eigenvalue weighted by Gasteiger charge is -2.17. The number of benzene rings is 2. The molecule has 2 N–H and O–H groups in total. The summed E-state index contributed by atoms with van der Waals surface area (Å²) < 4.78 is 16.5. The van der Waals surface area contributed by atoms with Crippen molar-refractivity contribution >= 4 is 0 Å². The first-order valence-corrected chi connectivity index (χ1v) is 6.84. The molecule has 0 aromatic heterocycles. The Labute approximate surface area is 125 Å². The Morgan fingerprint density at radius 3 is 2.43 bits per heavy atom. The lowest BCUT2D eigenvalue weighted by molar-refractivity contribution is 0.184. The minimum Gasteiger partial charge on any atom is -0.496 e. The van der Waals surface area contributed by atoms with Gasteiger partial charge in [-0.25, -0.2) is 0 Å². The fraction of sp³-hybridized carbons (Fsp3) is 0.294. The second kappa shape index (κ2) is 7.11. The van der Waals surface area contributed by atoms with Crippen LogP contribution in [0.1, 0.15) is 24.1 Å². The van der Waals surface area contributed by atoms with Crippen LogP contribution in [-0.2, 0) is 11.3 Å². The predicted molar refractivity (Wildman–Crippen MR) is 82.8 cm³/mol. The van der Waals surface area contributed by atoms with Crippen LogP contribution in [0.5, 0.6) is 17.2 Å². The number of rotatable bonds is 6. The molecule has 0 heterocycles. The third-order valence-corrected chi connectivity index (χ3v) is 3.14. The number of hydrogen-bond donors (Lipinski definition) is 1. The summed E-state index contributed by atoms with van der Waals surface area (Å²) in [5, 5.41) is 0. The molecule has 4 heteroatoms. The average Bonchev–Trinajstić information content (AvgIpc) is 2.47. The van der Waals surface area contributed by atoms with Crippen LogP contribution in [0.25, 0.3) is 0 Å². The van der Waals surface area contributed by atoms with Gasteiger partial charge >= 0.3 is 0 Å². The standard InChI is InChI=1S/C17H21NO3/c1-12(18)17-15(20-3)8-5-9-16(17)21-14-7-4-6-13(10-14)11-19-2/h4-10,12H,11,18H2,1-3H3/t12-/m0/s1. The van der Waals surface area contributed by atoms with E-state index in [1.165, 1.54) is 0 Å². The fourth-order valence-corrected chi connectivity index (χ4v) is 2.23. The van der Waals surface area contributed by atoms with Gasteiger partial charge in [-0.2, -0.15) is 0 Å². The van der Waals surface area contributed by atoms with Crippen LogP contribution < -0.4 is 15.2 Å². The first-order valence-electron chi connectivity index (χ1n) is 6.84. The molecule has 0 aliphatic carbocycles. The van der Waals surface area contributed by atoms with Gasteiger partial charge in [0.05, 0.1) is 19.3 Å². The Bertz CT molecular complexity index is 596. The van der Waals surface area contributed by atoms with Gasteiger partial charge in [0, 0.05) is 13.2 Å². The van der Waals surface area contributed by atoms with Gasteiger partial charge in [-0.1, -0.05) is 18.2 Å². The molecule has 0 aliphatic heterocycles. The van der Waals surface area contributed by atoms with Crippen molar-refractivity contribution < 1.29 is 14.2 Å². The maximum atomic E-state index is 6.04. The molecule has 112 valence electrons. The first-order chi connectivity index (χ1) is 10.2. The molecule has 2 rings (SSSR count). The maximum Gasteiger partial charge on any atom is 0.135 e. The predicted octanol–water partition coefficient (Wildman–Crippen LogP) is 3.65. The fourth-order valence-electron chi connectivity index (χ4n) is 2.23. The van der Waals surface area contributed by atoms with Crippen molar-refractivity contribution in [2.24, 2.45) is 5.73 Å². The Morgan fingerprint density at radius 2 is 1.76 bits per heavy atom. The molecule has 0 unspecified atom stereocenters.